The minimum atomic E-state index is -0.510. The maximum absolute atomic E-state index is 11.9. The van der Waals surface area contributed by atoms with Crippen LogP contribution in [0.4, 0.5) is 11.4 Å². The Morgan fingerprint density at radius 3 is 2.53 bits per heavy atom. The van der Waals surface area contributed by atoms with Crippen molar-refractivity contribution in [1.82, 2.24) is 4.98 Å². The van der Waals surface area contributed by atoms with Gasteiger partial charge >= 0.3 is 0 Å². The topological polar surface area (TPSA) is 85.1 Å². The van der Waals surface area contributed by atoms with Gasteiger partial charge in [-0.1, -0.05) is 11.6 Å². The van der Waals surface area contributed by atoms with Gasteiger partial charge in [-0.25, -0.2) is 0 Å². The summed E-state index contributed by atoms with van der Waals surface area (Å²) in [5.74, 6) is -0.424. The Bertz CT molecular complexity index is 628. The van der Waals surface area contributed by atoms with Gasteiger partial charge in [0, 0.05) is 30.2 Å². The van der Waals surface area contributed by atoms with E-state index in [9.17, 15) is 14.9 Å². The first-order valence-corrected chi connectivity index (χ1v) is 5.61. The van der Waals surface area contributed by atoms with Crippen LogP contribution in [0.3, 0.4) is 0 Å². The van der Waals surface area contributed by atoms with Crippen molar-refractivity contribution in [2.75, 3.05) is 5.32 Å². The lowest BCUT2D eigenvalue weighted by Crippen LogP contribution is -2.12. The van der Waals surface area contributed by atoms with E-state index >= 15 is 0 Å². The standard InChI is InChI=1S/C12H8ClN3O3/c13-11-5-6-14-7-10(11)12(17)15-8-1-3-9(4-2-8)16(18)19/h1-7H,(H,15,17). The van der Waals surface area contributed by atoms with Gasteiger partial charge in [-0.3, -0.25) is 19.9 Å². The van der Waals surface area contributed by atoms with Gasteiger partial charge in [-0.15, -0.1) is 0 Å². The van der Waals surface area contributed by atoms with Crippen LogP contribution in [0.5, 0.6) is 0 Å². The zero-order valence-corrected chi connectivity index (χ0v) is 10.3. The van der Waals surface area contributed by atoms with Crippen LogP contribution in [0.15, 0.2) is 42.7 Å². The summed E-state index contributed by atoms with van der Waals surface area (Å²) in [6, 6.07) is 7.01. The molecule has 2 rings (SSSR count). The second-order valence-electron chi connectivity index (χ2n) is 3.61. The predicted octanol–water partition coefficient (Wildman–Crippen LogP) is 2.90. The lowest BCUT2D eigenvalue weighted by Gasteiger charge is -2.05. The van der Waals surface area contributed by atoms with E-state index in [-0.39, 0.29) is 16.3 Å². The third kappa shape index (κ3) is 3.05. The zero-order chi connectivity index (χ0) is 13.8. The number of rotatable bonds is 3. The maximum atomic E-state index is 11.9. The van der Waals surface area contributed by atoms with Gasteiger partial charge in [0.2, 0.25) is 0 Å². The molecule has 0 aliphatic carbocycles. The van der Waals surface area contributed by atoms with Crippen molar-refractivity contribution in [3.05, 3.63) is 63.4 Å². The maximum Gasteiger partial charge on any atom is 0.269 e. The third-order valence-corrected chi connectivity index (χ3v) is 2.68. The second-order valence-corrected chi connectivity index (χ2v) is 4.02. The molecule has 0 radical (unpaired) electrons. The molecule has 96 valence electrons. The summed E-state index contributed by atoms with van der Waals surface area (Å²) in [6.45, 7) is 0. The fourth-order valence-corrected chi connectivity index (χ4v) is 1.60. The number of nitrogens with one attached hydrogen (secondary N) is 1. The molecule has 1 N–H and O–H groups in total. The number of carbonyl (C=O) groups is 1. The summed E-state index contributed by atoms with van der Waals surface area (Å²) in [4.78, 5) is 25.7. The highest BCUT2D eigenvalue weighted by atomic mass is 35.5. The van der Waals surface area contributed by atoms with Gasteiger partial charge in [0.25, 0.3) is 11.6 Å². The molecule has 0 fully saturated rings. The van der Waals surface area contributed by atoms with E-state index < -0.39 is 10.8 Å². The number of carbonyl (C=O) groups excluding carboxylic acids is 1. The number of benzene rings is 1. The summed E-state index contributed by atoms with van der Waals surface area (Å²) in [5.41, 5.74) is 0.635. The average molecular weight is 278 g/mol. The van der Waals surface area contributed by atoms with Crippen LogP contribution < -0.4 is 5.32 Å². The van der Waals surface area contributed by atoms with E-state index in [1.54, 1.807) is 0 Å². The molecular weight excluding hydrogens is 270 g/mol. The summed E-state index contributed by atoms with van der Waals surface area (Å²) >= 11 is 5.86. The van der Waals surface area contributed by atoms with Crippen LogP contribution in [-0.4, -0.2) is 15.8 Å². The molecule has 0 bridgehead atoms. The smallest absolute Gasteiger partial charge is 0.269 e. The number of halogens is 1. The first kappa shape index (κ1) is 13.0. The quantitative estimate of drug-likeness (QED) is 0.690. The molecule has 0 unspecified atom stereocenters. The molecule has 6 nitrogen and oxygen atoms in total. The Hall–Kier alpha value is -2.47. The normalized spacial score (nSPS) is 9.95. The molecule has 0 saturated heterocycles. The molecular formula is C12H8ClN3O3. The summed E-state index contributed by atoms with van der Waals surface area (Å²) in [5, 5.41) is 13.4. The number of pyridine rings is 1. The summed E-state index contributed by atoms with van der Waals surface area (Å²) in [7, 11) is 0. The van der Waals surface area contributed by atoms with Crippen molar-refractivity contribution in [2.45, 2.75) is 0 Å². The lowest BCUT2D eigenvalue weighted by atomic mass is 10.2. The second kappa shape index (κ2) is 5.45. The highest BCUT2D eigenvalue weighted by Crippen LogP contribution is 2.18. The van der Waals surface area contributed by atoms with Crippen molar-refractivity contribution in [3.8, 4) is 0 Å². The lowest BCUT2D eigenvalue weighted by molar-refractivity contribution is -0.384. The Morgan fingerprint density at radius 2 is 1.95 bits per heavy atom. The van der Waals surface area contributed by atoms with Gasteiger partial charge in [0.15, 0.2) is 0 Å². The van der Waals surface area contributed by atoms with Gasteiger partial charge in [-0.05, 0) is 18.2 Å². The van der Waals surface area contributed by atoms with E-state index in [1.165, 1.54) is 42.7 Å². The number of anilines is 1. The highest BCUT2D eigenvalue weighted by molar-refractivity contribution is 6.34. The number of nitro benzene ring substituents is 1. The number of aromatic nitrogens is 1. The molecule has 7 heteroatoms. The van der Waals surface area contributed by atoms with Gasteiger partial charge in [-0.2, -0.15) is 0 Å². The highest BCUT2D eigenvalue weighted by Gasteiger charge is 2.11. The molecule has 1 amide bonds. The number of hydrogen-bond donors (Lipinski definition) is 1. The SMILES string of the molecule is O=C(Nc1ccc([N+](=O)[O-])cc1)c1cnccc1Cl. The van der Waals surface area contributed by atoms with Crippen LogP contribution in [0.2, 0.25) is 5.02 Å². The van der Waals surface area contributed by atoms with Gasteiger partial charge < -0.3 is 5.32 Å². The van der Waals surface area contributed by atoms with Crippen molar-refractivity contribution < 1.29 is 9.72 Å². The van der Waals surface area contributed by atoms with Crippen molar-refractivity contribution >= 4 is 28.9 Å². The Balaban J connectivity index is 2.15. The molecule has 0 spiro atoms. The third-order valence-electron chi connectivity index (χ3n) is 2.35. The van der Waals surface area contributed by atoms with Gasteiger partial charge in [0.05, 0.1) is 15.5 Å². The molecule has 1 heterocycles. The van der Waals surface area contributed by atoms with Crippen LogP contribution in [0.1, 0.15) is 10.4 Å². The van der Waals surface area contributed by atoms with E-state index in [2.05, 4.69) is 10.3 Å². The van der Waals surface area contributed by atoms with E-state index in [0.717, 1.165) is 0 Å². The number of nitrogens with zero attached hydrogens (tertiary/aromatic N) is 2. The van der Waals surface area contributed by atoms with Crippen LogP contribution in [0.25, 0.3) is 0 Å². The minimum absolute atomic E-state index is 0.0441. The Morgan fingerprint density at radius 1 is 1.26 bits per heavy atom. The molecule has 0 aliphatic rings. The van der Waals surface area contributed by atoms with Crippen LogP contribution in [0, 0.1) is 10.1 Å². The average Bonchev–Trinajstić information content (AvgIpc) is 2.39. The Labute approximate surface area is 113 Å². The van der Waals surface area contributed by atoms with Crippen molar-refractivity contribution in [1.29, 1.82) is 0 Å². The summed E-state index contributed by atoms with van der Waals surface area (Å²) in [6.07, 6.45) is 2.83. The van der Waals surface area contributed by atoms with E-state index in [4.69, 9.17) is 11.6 Å². The number of nitro groups is 1. The predicted molar refractivity (Wildman–Crippen MR) is 70.3 cm³/mol. The first-order valence-electron chi connectivity index (χ1n) is 5.23. The van der Waals surface area contributed by atoms with Crippen LogP contribution >= 0.6 is 11.6 Å². The molecule has 1 aromatic carbocycles. The van der Waals surface area contributed by atoms with E-state index in [0.29, 0.717) is 5.69 Å². The Kier molecular flexibility index (Phi) is 3.72. The number of amides is 1. The fraction of sp³-hybridized carbons (Fsp3) is 0. The number of non-ortho nitro benzene ring substituents is 1. The van der Waals surface area contributed by atoms with E-state index in [1.807, 2.05) is 0 Å². The molecule has 2 aromatic rings. The molecule has 19 heavy (non-hydrogen) atoms. The minimum Gasteiger partial charge on any atom is -0.322 e. The molecule has 0 atom stereocenters. The summed E-state index contributed by atoms with van der Waals surface area (Å²) < 4.78 is 0. The fourth-order valence-electron chi connectivity index (χ4n) is 1.41. The molecule has 1 aromatic heterocycles. The van der Waals surface area contributed by atoms with Crippen molar-refractivity contribution in [2.24, 2.45) is 0 Å². The first-order chi connectivity index (χ1) is 9.08. The monoisotopic (exact) mass is 277 g/mol. The molecule has 0 saturated carbocycles. The molecule has 0 aliphatic heterocycles. The van der Waals surface area contributed by atoms with Gasteiger partial charge in [0.1, 0.15) is 0 Å². The largest absolute Gasteiger partial charge is 0.322 e. The number of hydrogen-bond acceptors (Lipinski definition) is 4. The van der Waals surface area contributed by atoms with Crippen LogP contribution in [-0.2, 0) is 0 Å². The van der Waals surface area contributed by atoms with Crippen molar-refractivity contribution in [3.63, 3.8) is 0 Å². The zero-order valence-electron chi connectivity index (χ0n) is 9.54.